The Morgan fingerprint density at radius 2 is 2.60 bits per heavy atom. The van der Waals surface area contributed by atoms with Crippen LogP contribution in [0.3, 0.4) is 0 Å². The Morgan fingerprint density at radius 1 is 1.80 bits per heavy atom. The first-order valence-corrected chi connectivity index (χ1v) is 4.13. The van der Waals surface area contributed by atoms with Crippen molar-refractivity contribution in [3.63, 3.8) is 0 Å². The number of aliphatic imine (C=N–C) groups is 2. The van der Waals surface area contributed by atoms with Gasteiger partial charge in [0.25, 0.3) is 0 Å². The lowest BCUT2D eigenvalue weighted by Gasteiger charge is -1.92. The molecule has 0 aliphatic carbocycles. The number of hydrogen-bond donors (Lipinski definition) is 0. The predicted octanol–water partition coefficient (Wildman–Crippen LogP) is 2.08. The summed E-state index contributed by atoms with van der Waals surface area (Å²) in [4.78, 5) is 9.28. The van der Waals surface area contributed by atoms with Gasteiger partial charge in [-0.25, -0.2) is 4.99 Å². The van der Waals surface area contributed by atoms with Gasteiger partial charge in [-0.3, -0.25) is 4.99 Å². The quantitative estimate of drug-likeness (QED) is 0.567. The Labute approximate surface area is 65.1 Å². The van der Waals surface area contributed by atoms with E-state index in [-0.39, 0.29) is 0 Å². The minimum absolute atomic E-state index is 0.867. The van der Waals surface area contributed by atoms with Gasteiger partial charge in [-0.05, 0) is 6.42 Å². The van der Waals surface area contributed by atoms with Crippen molar-refractivity contribution in [1.29, 1.82) is 0 Å². The van der Waals surface area contributed by atoms with Crippen LogP contribution in [-0.4, -0.2) is 18.4 Å². The Hall–Kier alpha value is -0.570. The van der Waals surface area contributed by atoms with E-state index in [1.807, 2.05) is 5.55 Å². The highest BCUT2D eigenvalue weighted by Gasteiger charge is 2.08. The highest BCUT2D eigenvalue weighted by molar-refractivity contribution is 8.16. The largest absolute Gasteiger partial charge is 0.269 e. The summed E-state index contributed by atoms with van der Waals surface area (Å²) < 4.78 is 0. The van der Waals surface area contributed by atoms with Crippen molar-refractivity contribution in [2.45, 2.75) is 13.3 Å². The van der Waals surface area contributed by atoms with Crippen LogP contribution in [0.4, 0.5) is 0 Å². The number of allylic oxidation sites excluding steroid dienone is 1. The van der Waals surface area contributed by atoms with Gasteiger partial charge in [0.1, 0.15) is 0 Å². The molecule has 0 radical (unpaired) electrons. The van der Waals surface area contributed by atoms with E-state index in [2.05, 4.69) is 23.0 Å². The van der Waals surface area contributed by atoms with Gasteiger partial charge >= 0.3 is 0 Å². The Morgan fingerprint density at radius 3 is 3.20 bits per heavy atom. The Kier molecular flexibility index (Phi) is 2.68. The van der Waals surface area contributed by atoms with E-state index < -0.39 is 0 Å². The van der Waals surface area contributed by atoms with Crippen molar-refractivity contribution in [2.24, 2.45) is 9.98 Å². The molecule has 0 aromatic heterocycles. The maximum Gasteiger partial charge on any atom is 0.161 e. The average molecular weight is 154 g/mol. The fraction of sp³-hybridized carbons (Fsp3) is 0.429. The first-order chi connectivity index (χ1) is 4.88. The third kappa shape index (κ3) is 1.48. The second-order valence-electron chi connectivity index (χ2n) is 1.88. The molecule has 1 aliphatic heterocycles. The minimum Gasteiger partial charge on any atom is -0.269 e. The number of amidine groups is 1. The summed E-state index contributed by atoms with van der Waals surface area (Å²) in [6.45, 7) is 2.11. The molecule has 1 heterocycles. The van der Waals surface area contributed by atoms with Crippen LogP contribution in [0.25, 0.3) is 0 Å². The molecule has 0 atom stereocenters. The lowest BCUT2D eigenvalue weighted by molar-refractivity contribution is 1.22. The van der Waals surface area contributed by atoms with Crippen LogP contribution < -0.4 is 0 Å². The van der Waals surface area contributed by atoms with E-state index in [0.717, 1.165) is 12.3 Å². The lowest BCUT2D eigenvalue weighted by Crippen LogP contribution is -1.88. The lowest BCUT2D eigenvalue weighted by atomic mass is 10.4. The van der Waals surface area contributed by atoms with E-state index in [1.54, 1.807) is 18.8 Å². The molecule has 0 bridgehead atoms. The van der Waals surface area contributed by atoms with Crippen molar-refractivity contribution >= 4 is 23.1 Å². The van der Waals surface area contributed by atoms with Crippen LogP contribution in [-0.2, 0) is 0 Å². The van der Waals surface area contributed by atoms with Crippen molar-refractivity contribution in [1.82, 2.24) is 0 Å². The number of thioether (sulfide) groups is 1. The van der Waals surface area contributed by atoms with Gasteiger partial charge in [-0.15, -0.1) is 0 Å². The van der Waals surface area contributed by atoms with Crippen LogP contribution in [0.15, 0.2) is 21.0 Å². The summed E-state index contributed by atoms with van der Waals surface area (Å²) in [5.74, 6) is 0.867. The Bertz CT molecular complexity index is 204. The van der Waals surface area contributed by atoms with Crippen molar-refractivity contribution < 1.29 is 0 Å². The van der Waals surface area contributed by atoms with E-state index in [4.69, 9.17) is 0 Å². The summed E-state index contributed by atoms with van der Waals surface area (Å²) in [6.07, 6.45) is 3.19. The topological polar surface area (TPSA) is 24.7 Å². The normalized spacial score (nSPS) is 25.0. The summed E-state index contributed by atoms with van der Waals surface area (Å²) in [7, 11) is 1.77. The van der Waals surface area contributed by atoms with Crippen LogP contribution in [0.1, 0.15) is 13.3 Å². The average Bonchev–Trinajstić information content (AvgIpc) is 2.36. The molecule has 10 heavy (non-hydrogen) atoms. The monoisotopic (exact) mass is 154 g/mol. The van der Waals surface area contributed by atoms with Gasteiger partial charge < -0.3 is 0 Å². The second kappa shape index (κ2) is 3.56. The number of rotatable bonds is 1. The first kappa shape index (κ1) is 7.54. The van der Waals surface area contributed by atoms with Gasteiger partial charge in [0, 0.05) is 7.05 Å². The summed E-state index contributed by atoms with van der Waals surface area (Å²) in [6, 6.07) is 0. The zero-order valence-electron chi connectivity index (χ0n) is 6.16. The molecule has 0 spiro atoms. The third-order valence-electron chi connectivity index (χ3n) is 1.18. The van der Waals surface area contributed by atoms with E-state index >= 15 is 0 Å². The van der Waals surface area contributed by atoms with Gasteiger partial charge in [0.15, 0.2) is 5.84 Å². The predicted molar refractivity (Wildman–Crippen MR) is 47.8 cm³/mol. The van der Waals surface area contributed by atoms with Crippen molar-refractivity contribution in [3.8, 4) is 0 Å². The molecule has 0 aromatic carbocycles. The molecule has 1 aliphatic rings. The zero-order chi connectivity index (χ0) is 7.40. The van der Waals surface area contributed by atoms with Crippen LogP contribution >= 0.6 is 11.8 Å². The Balaban J connectivity index is 2.75. The molecule has 0 saturated carbocycles. The van der Waals surface area contributed by atoms with Crippen molar-refractivity contribution in [3.05, 3.63) is 11.0 Å². The molecule has 1 rings (SSSR count). The fourth-order valence-electron chi connectivity index (χ4n) is 0.742. The molecule has 0 unspecified atom stereocenters. The van der Waals surface area contributed by atoms with E-state index in [9.17, 15) is 0 Å². The molecule has 0 aromatic rings. The second-order valence-corrected chi connectivity index (χ2v) is 2.76. The molecule has 54 valence electrons. The SMILES string of the molecule is CC/C=C1/SC=NC1=NC. The van der Waals surface area contributed by atoms with E-state index in [0.29, 0.717) is 0 Å². The minimum atomic E-state index is 0.867. The van der Waals surface area contributed by atoms with Crippen molar-refractivity contribution in [2.75, 3.05) is 7.05 Å². The molecular weight excluding hydrogens is 144 g/mol. The highest BCUT2D eigenvalue weighted by atomic mass is 32.2. The molecule has 0 N–H and O–H groups in total. The molecule has 3 heteroatoms. The molecule has 0 fully saturated rings. The van der Waals surface area contributed by atoms with Crippen LogP contribution in [0.5, 0.6) is 0 Å². The first-order valence-electron chi connectivity index (χ1n) is 3.25. The van der Waals surface area contributed by atoms with Gasteiger partial charge in [-0.1, -0.05) is 24.8 Å². The summed E-state index contributed by atoms with van der Waals surface area (Å²) in [5.41, 5.74) is 1.82. The highest BCUT2D eigenvalue weighted by Crippen LogP contribution is 2.21. The smallest absolute Gasteiger partial charge is 0.161 e. The van der Waals surface area contributed by atoms with Gasteiger partial charge in [0.2, 0.25) is 0 Å². The molecular formula is C7H10N2S. The molecule has 0 saturated heterocycles. The van der Waals surface area contributed by atoms with Crippen LogP contribution in [0.2, 0.25) is 0 Å². The summed E-state index contributed by atoms with van der Waals surface area (Å²) in [5, 5.41) is 0. The number of hydrogen-bond acceptors (Lipinski definition) is 2. The third-order valence-corrected chi connectivity index (χ3v) is 1.99. The van der Waals surface area contributed by atoms with Crippen LogP contribution in [0, 0.1) is 0 Å². The fourth-order valence-corrected chi connectivity index (χ4v) is 1.52. The zero-order valence-corrected chi connectivity index (χ0v) is 6.98. The van der Waals surface area contributed by atoms with Gasteiger partial charge in [0.05, 0.1) is 10.5 Å². The molecule has 2 nitrogen and oxygen atoms in total. The van der Waals surface area contributed by atoms with E-state index in [1.165, 1.54) is 4.91 Å². The standard InChI is InChI=1S/C7H10N2S/c1-3-4-6-7(8-2)9-5-10-6/h4-5H,3H2,1-2H3/b6-4+,8-7?. The number of nitrogens with zero attached hydrogens (tertiary/aromatic N) is 2. The maximum atomic E-state index is 4.07. The molecule has 0 amide bonds. The summed E-state index contributed by atoms with van der Waals surface area (Å²) >= 11 is 1.64. The van der Waals surface area contributed by atoms with Gasteiger partial charge in [-0.2, -0.15) is 0 Å². The maximum absolute atomic E-state index is 4.07.